The number of benzene rings is 1. The van der Waals surface area contributed by atoms with Crippen LogP contribution in [0, 0.1) is 6.92 Å². The van der Waals surface area contributed by atoms with E-state index in [4.69, 9.17) is 9.47 Å². The van der Waals surface area contributed by atoms with Crippen LogP contribution in [-0.2, 0) is 16.1 Å². The molecule has 214 valence electrons. The van der Waals surface area contributed by atoms with Gasteiger partial charge in [0.1, 0.15) is 10.8 Å². The molecule has 40 heavy (non-hydrogen) atoms. The molecule has 0 aliphatic carbocycles. The van der Waals surface area contributed by atoms with E-state index in [1.807, 2.05) is 35.8 Å². The highest BCUT2D eigenvalue weighted by Gasteiger charge is 2.27. The van der Waals surface area contributed by atoms with Crippen LogP contribution in [0.4, 0.5) is 5.00 Å². The molecule has 0 fully saturated rings. The van der Waals surface area contributed by atoms with Crippen molar-refractivity contribution in [3.8, 4) is 5.75 Å². The summed E-state index contributed by atoms with van der Waals surface area (Å²) in [5, 5.41) is 12.2. The molecule has 3 rings (SSSR count). The van der Waals surface area contributed by atoms with E-state index in [2.05, 4.69) is 35.9 Å². The molecule has 2 heterocycles. The van der Waals surface area contributed by atoms with Crippen molar-refractivity contribution < 1.29 is 23.9 Å². The first-order chi connectivity index (χ1) is 19.0. The van der Waals surface area contributed by atoms with Crippen LogP contribution in [0.25, 0.3) is 0 Å². The molecule has 0 radical (unpaired) electrons. The van der Waals surface area contributed by atoms with Crippen molar-refractivity contribution in [3.05, 3.63) is 64.3 Å². The fraction of sp³-hybridized carbons (Fsp3) is 0.393. The zero-order valence-corrected chi connectivity index (χ0v) is 25.4. The predicted octanol–water partition coefficient (Wildman–Crippen LogP) is 5.32. The van der Waals surface area contributed by atoms with E-state index in [-0.39, 0.29) is 28.1 Å². The molecule has 1 N–H and O–H groups in total. The molecule has 3 aromatic rings. The van der Waals surface area contributed by atoms with Crippen LogP contribution in [0.1, 0.15) is 69.8 Å². The third-order valence-corrected chi connectivity index (χ3v) is 8.16. The van der Waals surface area contributed by atoms with E-state index in [1.165, 1.54) is 29.3 Å². The van der Waals surface area contributed by atoms with E-state index >= 15 is 0 Å². The number of nitrogens with zero attached hydrogens (tertiary/aromatic N) is 4. The van der Waals surface area contributed by atoms with Gasteiger partial charge >= 0.3 is 5.97 Å². The summed E-state index contributed by atoms with van der Waals surface area (Å²) in [5.41, 5.74) is 1.85. The van der Waals surface area contributed by atoms with Gasteiger partial charge in [0, 0.05) is 20.6 Å². The smallest absolute Gasteiger partial charge is 0.341 e. The van der Waals surface area contributed by atoms with E-state index in [0.717, 1.165) is 17.1 Å². The molecule has 0 aliphatic rings. The van der Waals surface area contributed by atoms with E-state index in [1.54, 1.807) is 27.1 Å². The molecule has 2 aromatic heterocycles. The summed E-state index contributed by atoms with van der Waals surface area (Å²) < 4.78 is 12.9. The largest absolute Gasteiger partial charge is 0.483 e. The van der Waals surface area contributed by atoms with Gasteiger partial charge in [-0.1, -0.05) is 43.8 Å². The minimum atomic E-state index is -0.627. The van der Waals surface area contributed by atoms with E-state index in [0.29, 0.717) is 33.9 Å². The quantitative estimate of drug-likeness (QED) is 0.173. The minimum Gasteiger partial charge on any atom is -0.483 e. The number of carbonyl (C=O) groups is 3. The summed E-state index contributed by atoms with van der Waals surface area (Å²) in [6.45, 7) is 12.1. The van der Waals surface area contributed by atoms with Crippen LogP contribution in [0.15, 0.2) is 42.1 Å². The highest BCUT2D eigenvalue weighted by atomic mass is 32.2. The molecule has 0 bridgehead atoms. The topological polar surface area (TPSA) is 116 Å². The van der Waals surface area contributed by atoms with Gasteiger partial charge in [0.2, 0.25) is 5.91 Å². The first kappa shape index (κ1) is 30.9. The first-order valence-corrected chi connectivity index (χ1v) is 14.4. The highest BCUT2D eigenvalue weighted by Crippen LogP contribution is 2.35. The summed E-state index contributed by atoms with van der Waals surface area (Å²) in [6, 6.07) is 7.96. The maximum absolute atomic E-state index is 12.9. The average molecular weight is 586 g/mol. The lowest BCUT2D eigenvalue weighted by molar-refractivity contribution is -0.113. The van der Waals surface area contributed by atoms with Crippen molar-refractivity contribution in [3.63, 3.8) is 0 Å². The number of anilines is 1. The Labute approximate surface area is 242 Å². The number of hydrogen-bond donors (Lipinski definition) is 1. The number of allylic oxidation sites excluding steroid dienone is 1. The molecule has 1 atom stereocenters. The van der Waals surface area contributed by atoms with Crippen molar-refractivity contribution in [1.29, 1.82) is 0 Å². The van der Waals surface area contributed by atoms with Crippen LogP contribution >= 0.6 is 23.1 Å². The van der Waals surface area contributed by atoms with Gasteiger partial charge in [-0.25, -0.2) is 4.79 Å². The van der Waals surface area contributed by atoms with Crippen LogP contribution in [-0.4, -0.2) is 64.4 Å². The highest BCUT2D eigenvalue weighted by molar-refractivity contribution is 7.99. The molecule has 0 saturated heterocycles. The monoisotopic (exact) mass is 585 g/mol. The van der Waals surface area contributed by atoms with Gasteiger partial charge in [-0.2, -0.15) is 0 Å². The van der Waals surface area contributed by atoms with Gasteiger partial charge in [0.25, 0.3) is 5.91 Å². The molecule has 0 saturated carbocycles. The number of thioether (sulfide) groups is 1. The number of aromatic nitrogens is 3. The Balaban J connectivity index is 1.74. The first-order valence-electron chi connectivity index (χ1n) is 12.6. The SMILES string of the molecule is C=CCn1c(SCC(=O)Nc2sc(C(=O)N(C)C)c(C)c2C(=O)OC)nnc1C(C)Oc1ccc(C(C)C)cc1. The normalized spacial score (nSPS) is 11.7. The summed E-state index contributed by atoms with van der Waals surface area (Å²) >= 11 is 2.24. The second-order valence-corrected chi connectivity index (χ2v) is 11.5. The predicted molar refractivity (Wildman–Crippen MR) is 158 cm³/mol. The Bertz CT molecular complexity index is 1380. The average Bonchev–Trinajstić information content (AvgIpc) is 3.47. The Morgan fingerprint density at radius 3 is 2.42 bits per heavy atom. The number of nitrogens with one attached hydrogen (secondary N) is 1. The molecule has 0 spiro atoms. The number of hydrogen-bond acceptors (Lipinski definition) is 9. The number of methoxy groups -OCH3 is 1. The number of amides is 2. The molecule has 1 aromatic carbocycles. The lowest BCUT2D eigenvalue weighted by Gasteiger charge is -2.16. The van der Waals surface area contributed by atoms with E-state index < -0.39 is 12.1 Å². The fourth-order valence-electron chi connectivity index (χ4n) is 3.85. The molecule has 12 heteroatoms. The fourth-order valence-corrected chi connectivity index (χ4v) is 5.83. The summed E-state index contributed by atoms with van der Waals surface area (Å²) in [5.74, 6) is 0.484. The van der Waals surface area contributed by atoms with Gasteiger partial charge in [-0.05, 0) is 43.0 Å². The van der Waals surface area contributed by atoms with Gasteiger partial charge in [0.05, 0.1) is 23.3 Å². The van der Waals surface area contributed by atoms with Crippen LogP contribution in [0.2, 0.25) is 0 Å². The second-order valence-electron chi connectivity index (χ2n) is 9.51. The van der Waals surface area contributed by atoms with Crippen molar-refractivity contribution in [2.45, 2.75) is 51.4 Å². The zero-order chi connectivity index (χ0) is 29.6. The lowest BCUT2D eigenvalue weighted by Crippen LogP contribution is -2.21. The van der Waals surface area contributed by atoms with Crippen molar-refractivity contribution in [2.75, 3.05) is 32.3 Å². The van der Waals surface area contributed by atoms with Crippen LogP contribution in [0.5, 0.6) is 5.75 Å². The zero-order valence-electron chi connectivity index (χ0n) is 23.8. The number of ether oxygens (including phenoxy) is 2. The van der Waals surface area contributed by atoms with Crippen molar-refractivity contribution >= 4 is 45.9 Å². The van der Waals surface area contributed by atoms with Crippen molar-refractivity contribution in [1.82, 2.24) is 19.7 Å². The third-order valence-electron chi connectivity index (χ3n) is 6.00. The third kappa shape index (κ3) is 7.11. The summed E-state index contributed by atoms with van der Waals surface area (Å²) in [4.78, 5) is 39.7. The summed E-state index contributed by atoms with van der Waals surface area (Å²) in [7, 11) is 4.50. The Morgan fingerprint density at radius 1 is 1.18 bits per heavy atom. The number of thiophene rings is 1. The molecular formula is C28H35N5O5S2. The second kappa shape index (κ2) is 13.6. The maximum atomic E-state index is 12.9. The Kier molecular flexibility index (Phi) is 10.5. The lowest BCUT2D eigenvalue weighted by atomic mass is 10.0. The van der Waals surface area contributed by atoms with Gasteiger partial charge in [0.15, 0.2) is 17.1 Å². The number of carbonyl (C=O) groups excluding carboxylic acids is 3. The van der Waals surface area contributed by atoms with Gasteiger partial charge in [-0.3, -0.25) is 14.2 Å². The van der Waals surface area contributed by atoms with E-state index in [9.17, 15) is 14.4 Å². The molecule has 1 unspecified atom stereocenters. The molecular weight excluding hydrogens is 550 g/mol. The Hall–Kier alpha value is -3.64. The van der Waals surface area contributed by atoms with Crippen LogP contribution in [0.3, 0.4) is 0 Å². The molecule has 10 nitrogen and oxygen atoms in total. The minimum absolute atomic E-state index is 0.00427. The summed E-state index contributed by atoms with van der Waals surface area (Å²) in [6.07, 6.45) is 1.33. The number of rotatable bonds is 12. The molecule has 2 amide bonds. The van der Waals surface area contributed by atoms with Crippen LogP contribution < -0.4 is 10.1 Å². The van der Waals surface area contributed by atoms with Crippen molar-refractivity contribution in [2.24, 2.45) is 0 Å². The molecule has 0 aliphatic heterocycles. The number of esters is 1. The van der Waals surface area contributed by atoms with Gasteiger partial charge in [-0.15, -0.1) is 28.1 Å². The maximum Gasteiger partial charge on any atom is 0.341 e. The Morgan fingerprint density at radius 2 is 1.85 bits per heavy atom. The van der Waals surface area contributed by atoms with Gasteiger partial charge < -0.3 is 19.7 Å². The standard InChI is InChI=1S/C28H35N5O5S2/c1-9-14-33-24(18(5)38-20-12-10-19(11-13-20)16(2)3)30-31-28(33)39-15-21(34)29-25-22(27(36)37-8)17(4)23(40-25)26(35)32(6)7/h9-13,16,18H,1,14-15H2,2-8H3,(H,29,34).